The van der Waals surface area contributed by atoms with E-state index in [9.17, 15) is 9.18 Å². The lowest BCUT2D eigenvalue weighted by molar-refractivity contribution is 0.0953. The first kappa shape index (κ1) is 18.9. The number of nitrogens with zero attached hydrogens (tertiary/aromatic N) is 2. The second-order valence-corrected chi connectivity index (χ2v) is 7.16. The van der Waals surface area contributed by atoms with E-state index in [0.717, 1.165) is 6.42 Å². The summed E-state index contributed by atoms with van der Waals surface area (Å²) in [6, 6.07) is 11.3. The molecule has 3 heterocycles. The molecule has 0 bridgehead atoms. The standard InChI is InChI=1S/C22H20FN3O3/c1-13(2)9-10-24-21(27)15-12-17(18-8-5-11-28-18)25-22-19(15)20(26-29-22)14-6-3-4-7-16(14)23/h3-8,11-13H,9-10H2,1-2H3,(H,24,27). The lowest BCUT2D eigenvalue weighted by Gasteiger charge is -2.09. The van der Waals surface area contributed by atoms with Crippen molar-refractivity contribution in [2.75, 3.05) is 6.54 Å². The Balaban J connectivity index is 1.86. The van der Waals surface area contributed by atoms with E-state index in [1.807, 2.05) is 0 Å². The fraction of sp³-hybridized carbons (Fsp3) is 0.227. The molecular weight excluding hydrogens is 373 g/mol. The van der Waals surface area contributed by atoms with Gasteiger partial charge in [0.15, 0.2) is 5.76 Å². The molecule has 0 spiro atoms. The summed E-state index contributed by atoms with van der Waals surface area (Å²) in [5.74, 6) is 0.193. The highest BCUT2D eigenvalue weighted by Gasteiger charge is 2.23. The molecule has 0 saturated heterocycles. The highest BCUT2D eigenvalue weighted by molar-refractivity contribution is 6.10. The van der Waals surface area contributed by atoms with Crippen molar-refractivity contribution in [3.63, 3.8) is 0 Å². The SMILES string of the molecule is CC(C)CCNC(=O)c1cc(-c2ccco2)nc2onc(-c3ccccc3F)c12. The average Bonchev–Trinajstić information content (AvgIpc) is 3.37. The smallest absolute Gasteiger partial charge is 0.259 e. The van der Waals surface area contributed by atoms with Crippen LogP contribution in [0.5, 0.6) is 0 Å². The number of hydrogen-bond acceptors (Lipinski definition) is 5. The van der Waals surface area contributed by atoms with E-state index >= 15 is 0 Å². The summed E-state index contributed by atoms with van der Waals surface area (Å²) in [5, 5.41) is 7.30. The number of pyridine rings is 1. The number of aromatic nitrogens is 2. The molecule has 0 aliphatic rings. The van der Waals surface area contributed by atoms with Crippen LogP contribution in [0.1, 0.15) is 30.6 Å². The minimum absolute atomic E-state index is 0.145. The van der Waals surface area contributed by atoms with Crippen LogP contribution in [0.15, 0.2) is 57.7 Å². The highest BCUT2D eigenvalue weighted by Crippen LogP contribution is 2.33. The van der Waals surface area contributed by atoms with Crippen LogP contribution in [0.4, 0.5) is 4.39 Å². The third-order valence-electron chi connectivity index (χ3n) is 4.60. The van der Waals surface area contributed by atoms with Crippen LogP contribution in [-0.2, 0) is 0 Å². The number of benzene rings is 1. The maximum atomic E-state index is 14.4. The maximum Gasteiger partial charge on any atom is 0.259 e. The van der Waals surface area contributed by atoms with Gasteiger partial charge in [-0.25, -0.2) is 9.37 Å². The fourth-order valence-electron chi connectivity index (χ4n) is 3.09. The van der Waals surface area contributed by atoms with Crippen molar-refractivity contribution in [3.05, 3.63) is 60.1 Å². The van der Waals surface area contributed by atoms with Gasteiger partial charge < -0.3 is 14.3 Å². The van der Waals surface area contributed by atoms with Gasteiger partial charge in [-0.1, -0.05) is 31.1 Å². The molecule has 0 atom stereocenters. The Labute approximate surface area is 166 Å². The first-order valence-electron chi connectivity index (χ1n) is 9.42. The van der Waals surface area contributed by atoms with E-state index < -0.39 is 5.82 Å². The largest absolute Gasteiger partial charge is 0.463 e. The first-order valence-corrected chi connectivity index (χ1v) is 9.42. The van der Waals surface area contributed by atoms with Gasteiger partial charge in [0, 0.05) is 12.1 Å². The third kappa shape index (κ3) is 3.76. The molecule has 29 heavy (non-hydrogen) atoms. The molecule has 0 fully saturated rings. The molecule has 1 aromatic carbocycles. The van der Waals surface area contributed by atoms with Crippen molar-refractivity contribution in [3.8, 4) is 22.7 Å². The molecule has 4 aromatic rings. The molecule has 0 aliphatic carbocycles. The highest BCUT2D eigenvalue weighted by atomic mass is 19.1. The van der Waals surface area contributed by atoms with Crippen LogP contribution in [0.2, 0.25) is 0 Å². The van der Waals surface area contributed by atoms with Crippen molar-refractivity contribution in [2.24, 2.45) is 5.92 Å². The number of amides is 1. The van der Waals surface area contributed by atoms with Gasteiger partial charge in [-0.2, -0.15) is 0 Å². The van der Waals surface area contributed by atoms with Crippen LogP contribution in [0, 0.1) is 11.7 Å². The lowest BCUT2D eigenvalue weighted by Crippen LogP contribution is -2.25. The van der Waals surface area contributed by atoms with Crippen LogP contribution in [-0.4, -0.2) is 22.6 Å². The van der Waals surface area contributed by atoms with Gasteiger partial charge in [0.1, 0.15) is 17.2 Å². The van der Waals surface area contributed by atoms with Gasteiger partial charge in [0.25, 0.3) is 11.6 Å². The lowest BCUT2D eigenvalue weighted by atomic mass is 10.0. The number of nitrogens with one attached hydrogen (secondary N) is 1. The predicted molar refractivity (Wildman–Crippen MR) is 107 cm³/mol. The van der Waals surface area contributed by atoms with Crippen LogP contribution in [0.3, 0.4) is 0 Å². The average molecular weight is 393 g/mol. The van der Waals surface area contributed by atoms with Gasteiger partial charge >= 0.3 is 0 Å². The predicted octanol–water partition coefficient (Wildman–Crippen LogP) is 5.06. The molecule has 0 radical (unpaired) electrons. The molecule has 6 nitrogen and oxygen atoms in total. The first-order chi connectivity index (χ1) is 14.0. The number of carbonyl (C=O) groups is 1. The van der Waals surface area contributed by atoms with Crippen LogP contribution >= 0.6 is 0 Å². The van der Waals surface area contributed by atoms with Gasteiger partial charge in [-0.15, -0.1) is 0 Å². The fourth-order valence-corrected chi connectivity index (χ4v) is 3.09. The van der Waals surface area contributed by atoms with Gasteiger partial charge in [-0.05, 0) is 42.7 Å². The summed E-state index contributed by atoms with van der Waals surface area (Å²) in [7, 11) is 0. The Hall–Kier alpha value is -3.48. The third-order valence-corrected chi connectivity index (χ3v) is 4.60. The second-order valence-electron chi connectivity index (χ2n) is 7.16. The van der Waals surface area contributed by atoms with Crippen molar-refractivity contribution < 1.29 is 18.1 Å². The number of fused-ring (bicyclic) bond motifs is 1. The van der Waals surface area contributed by atoms with E-state index in [2.05, 4.69) is 29.3 Å². The van der Waals surface area contributed by atoms with Gasteiger partial charge in [-0.3, -0.25) is 4.79 Å². The summed E-state index contributed by atoms with van der Waals surface area (Å²) in [4.78, 5) is 17.4. The van der Waals surface area contributed by atoms with Crippen LogP contribution < -0.4 is 5.32 Å². The van der Waals surface area contributed by atoms with E-state index in [-0.39, 0.29) is 22.9 Å². The zero-order valence-electron chi connectivity index (χ0n) is 16.1. The number of furan rings is 1. The van der Waals surface area contributed by atoms with E-state index in [0.29, 0.717) is 34.9 Å². The summed E-state index contributed by atoms with van der Waals surface area (Å²) < 4.78 is 25.2. The molecule has 1 amide bonds. The maximum absolute atomic E-state index is 14.4. The molecule has 3 aromatic heterocycles. The molecular formula is C22H20FN3O3. The molecule has 0 unspecified atom stereocenters. The summed E-state index contributed by atoms with van der Waals surface area (Å²) in [6.07, 6.45) is 2.36. The van der Waals surface area contributed by atoms with Crippen molar-refractivity contribution >= 4 is 17.0 Å². The summed E-state index contributed by atoms with van der Waals surface area (Å²) >= 11 is 0. The molecule has 7 heteroatoms. The Morgan fingerprint density at radius 2 is 2.03 bits per heavy atom. The molecule has 148 valence electrons. The Morgan fingerprint density at radius 3 is 2.76 bits per heavy atom. The monoisotopic (exact) mass is 393 g/mol. The van der Waals surface area contributed by atoms with E-state index in [1.54, 1.807) is 36.4 Å². The summed E-state index contributed by atoms with van der Waals surface area (Å²) in [5.41, 5.74) is 1.38. The summed E-state index contributed by atoms with van der Waals surface area (Å²) in [6.45, 7) is 4.70. The van der Waals surface area contributed by atoms with Crippen molar-refractivity contribution in [1.29, 1.82) is 0 Å². The minimum atomic E-state index is -0.455. The zero-order valence-corrected chi connectivity index (χ0v) is 16.1. The Kier molecular flexibility index (Phi) is 5.12. The topological polar surface area (TPSA) is 81.2 Å². The minimum Gasteiger partial charge on any atom is -0.463 e. The van der Waals surface area contributed by atoms with Crippen LogP contribution in [0.25, 0.3) is 33.8 Å². The van der Waals surface area contributed by atoms with Gasteiger partial charge in [0.05, 0.1) is 17.2 Å². The van der Waals surface area contributed by atoms with E-state index in [1.165, 1.54) is 12.3 Å². The molecule has 1 N–H and O–H groups in total. The zero-order chi connectivity index (χ0) is 20.4. The second kappa shape index (κ2) is 7.87. The van der Waals surface area contributed by atoms with Gasteiger partial charge in [0.2, 0.25) is 0 Å². The van der Waals surface area contributed by atoms with Crippen molar-refractivity contribution in [2.45, 2.75) is 20.3 Å². The number of halogens is 1. The molecule has 0 aliphatic heterocycles. The quantitative estimate of drug-likeness (QED) is 0.495. The van der Waals surface area contributed by atoms with Crippen molar-refractivity contribution in [1.82, 2.24) is 15.5 Å². The molecule has 0 saturated carbocycles. The normalized spacial score (nSPS) is 11.3. The van der Waals surface area contributed by atoms with E-state index in [4.69, 9.17) is 8.94 Å². The molecule has 4 rings (SSSR count). The number of carbonyl (C=O) groups excluding carboxylic acids is 1. The number of rotatable bonds is 6. The number of hydrogen-bond donors (Lipinski definition) is 1. The Morgan fingerprint density at radius 1 is 1.21 bits per heavy atom. The Bertz CT molecular complexity index is 1150.